The molecule has 0 saturated heterocycles. The highest BCUT2D eigenvalue weighted by Gasteiger charge is 2.19. The molecule has 0 aliphatic rings. The second-order valence-corrected chi connectivity index (χ2v) is 6.39. The van der Waals surface area contributed by atoms with Crippen molar-refractivity contribution in [3.05, 3.63) is 28.5 Å². The number of nitrogens with zero attached hydrogens (tertiary/aromatic N) is 3. The lowest BCUT2D eigenvalue weighted by Gasteiger charge is -2.14. The van der Waals surface area contributed by atoms with Gasteiger partial charge in [0.05, 0.1) is 5.69 Å². The first kappa shape index (κ1) is 13.7. The molecule has 0 unspecified atom stereocenters. The molecule has 1 N–H and O–H groups in total. The van der Waals surface area contributed by atoms with Gasteiger partial charge in [0, 0.05) is 23.5 Å². The topological polar surface area (TPSA) is 59.8 Å². The van der Waals surface area contributed by atoms with Crippen molar-refractivity contribution in [3.63, 3.8) is 0 Å². The van der Waals surface area contributed by atoms with Crippen molar-refractivity contribution < 1.29 is 4.79 Å². The molecule has 0 aliphatic heterocycles. The van der Waals surface area contributed by atoms with Crippen LogP contribution in [-0.4, -0.2) is 20.7 Å². The summed E-state index contributed by atoms with van der Waals surface area (Å²) < 4.78 is 1.68. The first-order chi connectivity index (χ1) is 8.77. The zero-order valence-electron chi connectivity index (χ0n) is 11.8. The molecule has 0 aromatic carbocycles. The van der Waals surface area contributed by atoms with Crippen molar-refractivity contribution in [3.8, 4) is 0 Å². The Labute approximate surface area is 116 Å². The Morgan fingerprint density at radius 3 is 2.58 bits per heavy atom. The van der Waals surface area contributed by atoms with Gasteiger partial charge in [-0.1, -0.05) is 20.8 Å². The van der Waals surface area contributed by atoms with Gasteiger partial charge in [0.15, 0.2) is 10.8 Å². The Bertz CT molecular complexity index is 587. The number of rotatable bonds is 2. The first-order valence-corrected chi connectivity index (χ1v) is 6.93. The summed E-state index contributed by atoms with van der Waals surface area (Å²) in [5.41, 5.74) is 2.32. The molecule has 2 aromatic rings. The average molecular weight is 278 g/mol. The van der Waals surface area contributed by atoms with E-state index in [1.807, 2.05) is 19.4 Å². The van der Waals surface area contributed by atoms with Gasteiger partial charge in [-0.25, -0.2) is 4.98 Å². The molecule has 2 rings (SSSR count). The van der Waals surface area contributed by atoms with Crippen molar-refractivity contribution in [2.45, 2.75) is 33.1 Å². The molecule has 0 bridgehead atoms. The Morgan fingerprint density at radius 1 is 1.42 bits per heavy atom. The third-order valence-corrected chi connectivity index (χ3v) is 3.60. The van der Waals surface area contributed by atoms with E-state index in [4.69, 9.17) is 0 Å². The van der Waals surface area contributed by atoms with Crippen molar-refractivity contribution in [2.75, 3.05) is 5.32 Å². The van der Waals surface area contributed by atoms with Crippen LogP contribution in [0.15, 0.2) is 11.4 Å². The molecule has 0 atom stereocenters. The highest BCUT2D eigenvalue weighted by molar-refractivity contribution is 7.14. The number of aryl methyl sites for hydroxylation is 2. The number of anilines is 1. The summed E-state index contributed by atoms with van der Waals surface area (Å²) >= 11 is 1.43. The maximum atomic E-state index is 12.0. The Hall–Kier alpha value is -1.69. The van der Waals surface area contributed by atoms with E-state index in [0.29, 0.717) is 10.8 Å². The molecule has 6 heteroatoms. The van der Waals surface area contributed by atoms with Gasteiger partial charge in [-0.3, -0.25) is 14.8 Å². The number of amides is 1. The van der Waals surface area contributed by atoms with Crippen molar-refractivity contribution in [1.82, 2.24) is 14.8 Å². The predicted molar refractivity (Wildman–Crippen MR) is 76.7 cm³/mol. The normalized spacial score (nSPS) is 11.6. The lowest BCUT2D eigenvalue weighted by Crippen LogP contribution is -2.14. The molecule has 0 spiro atoms. The van der Waals surface area contributed by atoms with E-state index in [2.05, 4.69) is 36.2 Å². The largest absolute Gasteiger partial charge is 0.296 e. The molecule has 0 saturated carbocycles. The number of thiazole rings is 1. The van der Waals surface area contributed by atoms with Crippen molar-refractivity contribution >= 4 is 22.4 Å². The van der Waals surface area contributed by atoms with Crippen LogP contribution in [-0.2, 0) is 12.5 Å². The van der Waals surface area contributed by atoms with Crippen LogP contribution in [0, 0.1) is 6.92 Å². The van der Waals surface area contributed by atoms with Crippen LogP contribution in [0.5, 0.6) is 0 Å². The lowest BCUT2D eigenvalue weighted by atomic mass is 9.93. The minimum atomic E-state index is -0.224. The van der Waals surface area contributed by atoms with Crippen molar-refractivity contribution in [1.29, 1.82) is 0 Å². The number of hydrogen-bond acceptors (Lipinski definition) is 4. The Kier molecular flexibility index (Phi) is 3.45. The number of carbonyl (C=O) groups is 1. The number of aromatic nitrogens is 3. The van der Waals surface area contributed by atoms with Crippen LogP contribution >= 0.6 is 11.3 Å². The van der Waals surface area contributed by atoms with Crippen LogP contribution in [0.25, 0.3) is 0 Å². The third kappa shape index (κ3) is 3.01. The standard InChI is InChI=1S/C13H18N4OS/c1-8-6-9(16-17(8)5)11(18)15-12-14-10(7-19-12)13(2,3)4/h6-7H,1-5H3,(H,14,15,18). The second-order valence-electron chi connectivity index (χ2n) is 5.54. The summed E-state index contributed by atoms with van der Waals surface area (Å²) in [7, 11) is 1.81. The van der Waals surface area contributed by atoms with Gasteiger partial charge in [0.1, 0.15) is 0 Å². The monoisotopic (exact) mass is 278 g/mol. The molecular weight excluding hydrogens is 260 g/mol. The molecule has 2 aromatic heterocycles. The van der Waals surface area contributed by atoms with Gasteiger partial charge < -0.3 is 0 Å². The zero-order valence-corrected chi connectivity index (χ0v) is 12.6. The highest BCUT2D eigenvalue weighted by atomic mass is 32.1. The van der Waals surface area contributed by atoms with E-state index in [9.17, 15) is 4.79 Å². The number of nitrogens with one attached hydrogen (secondary N) is 1. The van der Waals surface area contributed by atoms with Crippen molar-refractivity contribution in [2.24, 2.45) is 7.05 Å². The minimum absolute atomic E-state index is 0.0128. The summed E-state index contributed by atoms with van der Waals surface area (Å²) in [4.78, 5) is 16.4. The molecule has 0 fully saturated rings. The van der Waals surface area contributed by atoms with E-state index in [-0.39, 0.29) is 11.3 Å². The molecule has 5 nitrogen and oxygen atoms in total. The van der Waals surface area contributed by atoms with Crippen LogP contribution < -0.4 is 5.32 Å². The summed E-state index contributed by atoms with van der Waals surface area (Å²) in [5, 5.41) is 9.51. The van der Waals surface area contributed by atoms with Gasteiger partial charge in [-0.15, -0.1) is 11.3 Å². The van der Waals surface area contributed by atoms with Crippen LogP contribution in [0.2, 0.25) is 0 Å². The van der Waals surface area contributed by atoms with E-state index in [1.54, 1.807) is 10.7 Å². The summed E-state index contributed by atoms with van der Waals surface area (Å²) in [6.07, 6.45) is 0. The minimum Gasteiger partial charge on any atom is -0.296 e. The fourth-order valence-corrected chi connectivity index (χ4v) is 2.44. The zero-order chi connectivity index (χ0) is 14.2. The quantitative estimate of drug-likeness (QED) is 0.919. The van der Waals surface area contributed by atoms with Gasteiger partial charge in [-0.05, 0) is 13.0 Å². The third-order valence-electron chi connectivity index (χ3n) is 2.84. The van der Waals surface area contributed by atoms with E-state index in [1.165, 1.54) is 11.3 Å². The second kappa shape index (κ2) is 4.77. The van der Waals surface area contributed by atoms with E-state index in [0.717, 1.165) is 11.4 Å². The fraction of sp³-hybridized carbons (Fsp3) is 0.462. The number of carbonyl (C=O) groups excluding carboxylic acids is 1. The van der Waals surface area contributed by atoms with Crippen LogP contribution in [0.4, 0.5) is 5.13 Å². The average Bonchev–Trinajstić information content (AvgIpc) is 2.86. The maximum Gasteiger partial charge on any atom is 0.277 e. The molecule has 0 aliphatic carbocycles. The van der Waals surface area contributed by atoms with E-state index >= 15 is 0 Å². The Morgan fingerprint density at radius 2 is 2.11 bits per heavy atom. The SMILES string of the molecule is Cc1cc(C(=O)Nc2nc(C(C)(C)C)cs2)nn1C. The maximum absolute atomic E-state index is 12.0. The molecule has 19 heavy (non-hydrogen) atoms. The van der Waals surface area contributed by atoms with Crippen LogP contribution in [0.1, 0.15) is 42.6 Å². The summed E-state index contributed by atoms with van der Waals surface area (Å²) in [5.74, 6) is -0.224. The molecule has 102 valence electrons. The molecule has 0 radical (unpaired) electrons. The predicted octanol–water partition coefficient (Wildman–Crippen LogP) is 2.73. The van der Waals surface area contributed by atoms with E-state index < -0.39 is 0 Å². The highest BCUT2D eigenvalue weighted by Crippen LogP contribution is 2.26. The first-order valence-electron chi connectivity index (χ1n) is 6.05. The lowest BCUT2D eigenvalue weighted by molar-refractivity contribution is 0.102. The van der Waals surface area contributed by atoms with Gasteiger partial charge >= 0.3 is 0 Å². The van der Waals surface area contributed by atoms with Crippen LogP contribution in [0.3, 0.4) is 0 Å². The Balaban J connectivity index is 2.13. The fourth-order valence-electron chi connectivity index (χ4n) is 1.51. The molecular formula is C13H18N4OS. The van der Waals surface area contributed by atoms with Gasteiger partial charge in [0.25, 0.3) is 5.91 Å². The summed E-state index contributed by atoms with van der Waals surface area (Å²) in [6.45, 7) is 8.19. The smallest absolute Gasteiger partial charge is 0.277 e. The molecule has 1 amide bonds. The number of hydrogen-bond donors (Lipinski definition) is 1. The summed E-state index contributed by atoms with van der Waals surface area (Å²) in [6, 6.07) is 1.76. The van der Waals surface area contributed by atoms with Gasteiger partial charge in [0.2, 0.25) is 0 Å². The molecule has 2 heterocycles. The van der Waals surface area contributed by atoms with Gasteiger partial charge in [-0.2, -0.15) is 5.10 Å².